The molecule has 0 heterocycles. The molecule has 14 heavy (non-hydrogen) atoms. The Hall–Kier alpha value is -1.07. The fraction of sp³-hybridized carbons (Fsp3) is 0.333. The van der Waals surface area contributed by atoms with Gasteiger partial charge in [-0.25, -0.2) is 13.2 Å². The minimum absolute atomic E-state index is 0.352. The van der Waals surface area contributed by atoms with Gasteiger partial charge in [-0.1, -0.05) is 6.92 Å². The molecule has 5 heteroatoms. The Bertz CT molecular complexity index is 324. The van der Waals surface area contributed by atoms with Crippen molar-refractivity contribution < 1.29 is 13.2 Å². The lowest BCUT2D eigenvalue weighted by molar-refractivity contribution is 0.434. The van der Waals surface area contributed by atoms with Gasteiger partial charge in [-0.2, -0.15) is 0 Å². The van der Waals surface area contributed by atoms with Gasteiger partial charge >= 0.3 is 0 Å². The standard InChI is InChI=1S/C9H11F3N2/c1-2-7(14-13)8-5(10)3-4-6(11)9(8)12/h3-4,7,14H,2,13H2,1H3. The third-order valence-corrected chi connectivity index (χ3v) is 2.04. The highest BCUT2D eigenvalue weighted by Crippen LogP contribution is 2.24. The number of halogens is 3. The molecule has 1 aromatic carbocycles. The largest absolute Gasteiger partial charge is 0.271 e. The molecule has 0 saturated carbocycles. The highest BCUT2D eigenvalue weighted by Gasteiger charge is 2.20. The number of hydrazine groups is 1. The van der Waals surface area contributed by atoms with Gasteiger partial charge in [0.2, 0.25) is 0 Å². The molecular formula is C9H11F3N2. The van der Waals surface area contributed by atoms with Crippen LogP contribution < -0.4 is 11.3 Å². The van der Waals surface area contributed by atoms with E-state index in [2.05, 4.69) is 5.43 Å². The molecule has 3 N–H and O–H groups in total. The molecule has 0 fully saturated rings. The summed E-state index contributed by atoms with van der Waals surface area (Å²) in [6, 6.07) is 0.913. The molecule has 1 aromatic rings. The number of nitrogens with one attached hydrogen (secondary N) is 1. The van der Waals surface area contributed by atoms with Crippen molar-refractivity contribution in [3.8, 4) is 0 Å². The average molecular weight is 204 g/mol. The Labute approximate surface area is 79.9 Å². The molecule has 2 nitrogen and oxygen atoms in total. The van der Waals surface area contributed by atoms with E-state index in [1.165, 1.54) is 0 Å². The molecule has 0 aliphatic heterocycles. The summed E-state index contributed by atoms with van der Waals surface area (Å²) in [6.45, 7) is 1.69. The summed E-state index contributed by atoms with van der Waals surface area (Å²) in [5, 5.41) is 0. The van der Waals surface area contributed by atoms with E-state index in [1.807, 2.05) is 0 Å². The summed E-state index contributed by atoms with van der Waals surface area (Å²) in [7, 11) is 0. The SMILES string of the molecule is CCC(NN)c1c(F)ccc(F)c1F. The highest BCUT2D eigenvalue weighted by molar-refractivity contribution is 5.24. The number of hydrogen-bond acceptors (Lipinski definition) is 2. The zero-order chi connectivity index (χ0) is 10.7. The third-order valence-electron chi connectivity index (χ3n) is 2.04. The lowest BCUT2D eigenvalue weighted by Crippen LogP contribution is -2.29. The molecule has 0 saturated heterocycles. The normalized spacial score (nSPS) is 12.9. The quantitative estimate of drug-likeness (QED) is 0.449. The van der Waals surface area contributed by atoms with Crippen LogP contribution in [0.25, 0.3) is 0 Å². The molecule has 78 valence electrons. The van der Waals surface area contributed by atoms with Crippen molar-refractivity contribution in [1.82, 2.24) is 5.43 Å². The van der Waals surface area contributed by atoms with Crippen molar-refractivity contribution in [1.29, 1.82) is 0 Å². The fourth-order valence-corrected chi connectivity index (χ4v) is 1.27. The highest BCUT2D eigenvalue weighted by atomic mass is 19.2. The van der Waals surface area contributed by atoms with E-state index < -0.39 is 23.5 Å². The Morgan fingerprint density at radius 3 is 2.36 bits per heavy atom. The van der Waals surface area contributed by atoms with Crippen LogP contribution in [0, 0.1) is 17.5 Å². The Kier molecular flexibility index (Phi) is 3.49. The molecule has 0 aliphatic rings. The van der Waals surface area contributed by atoms with Crippen molar-refractivity contribution in [2.45, 2.75) is 19.4 Å². The van der Waals surface area contributed by atoms with Crippen molar-refractivity contribution in [3.63, 3.8) is 0 Å². The van der Waals surface area contributed by atoms with Crippen molar-refractivity contribution in [2.24, 2.45) is 5.84 Å². The Balaban J connectivity index is 3.23. The van der Waals surface area contributed by atoms with Gasteiger partial charge in [-0.3, -0.25) is 11.3 Å². The van der Waals surface area contributed by atoms with Crippen LogP contribution in [0.4, 0.5) is 13.2 Å². The maximum atomic E-state index is 13.2. The molecule has 0 radical (unpaired) electrons. The number of hydrogen-bond donors (Lipinski definition) is 2. The molecule has 0 aliphatic carbocycles. The minimum Gasteiger partial charge on any atom is -0.271 e. The van der Waals surface area contributed by atoms with Crippen LogP contribution in [0.1, 0.15) is 24.9 Å². The van der Waals surface area contributed by atoms with Crippen LogP contribution >= 0.6 is 0 Å². The van der Waals surface area contributed by atoms with Crippen LogP contribution in [0.3, 0.4) is 0 Å². The van der Waals surface area contributed by atoms with Crippen molar-refractivity contribution in [3.05, 3.63) is 35.1 Å². The minimum atomic E-state index is -1.19. The molecule has 1 unspecified atom stereocenters. The first kappa shape index (κ1) is 11.0. The van der Waals surface area contributed by atoms with Crippen molar-refractivity contribution in [2.75, 3.05) is 0 Å². The molecule has 1 atom stereocenters. The second-order valence-electron chi connectivity index (χ2n) is 2.88. The van der Waals surface area contributed by atoms with Crippen LogP contribution in [0.15, 0.2) is 12.1 Å². The van der Waals surface area contributed by atoms with Gasteiger partial charge in [0.05, 0.1) is 6.04 Å². The Morgan fingerprint density at radius 1 is 1.29 bits per heavy atom. The van der Waals surface area contributed by atoms with E-state index >= 15 is 0 Å². The third kappa shape index (κ3) is 1.88. The summed E-state index contributed by atoms with van der Waals surface area (Å²) in [5.74, 6) is 2.04. The van der Waals surface area contributed by atoms with E-state index in [0.29, 0.717) is 6.42 Å². The first-order valence-corrected chi connectivity index (χ1v) is 4.21. The van der Waals surface area contributed by atoms with Gasteiger partial charge in [-0.15, -0.1) is 0 Å². The summed E-state index contributed by atoms with van der Waals surface area (Å²) in [4.78, 5) is 0. The van der Waals surface area contributed by atoms with Gasteiger partial charge in [-0.05, 0) is 18.6 Å². The summed E-state index contributed by atoms with van der Waals surface area (Å²) >= 11 is 0. The number of rotatable bonds is 3. The lowest BCUT2D eigenvalue weighted by Gasteiger charge is -2.15. The lowest BCUT2D eigenvalue weighted by atomic mass is 10.0. The van der Waals surface area contributed by atoms with E-state index in [0.717, 1.165) is 12.1 Å². The maximum Gasteiger partial charge on any atom is 0.166 e. The van der Waals surface area contributed by atoms with Gasteiger partial charge in [0.1, 0.15) is 5.82 Å². The van der Waals surface area contributed by atoms with Crippen LogP contribution in [0.2, 0.25) is 0 Å². The van der Waals surface area contributed by atoms with Crippen molar-refractivity contribution >= 4 is 0 Å². The van der Waals surface area contributed by atoms with E-state index in [1.54, 1.807) is 6.92 Å². The number of benzene rings is 1. The molecule has 1 rings (SSSR count). The molecule has 0 bridgehead atoms. The Morgan fingerprint density at radius 2 is 1.86 bits per heavy atom. The maximum absolute atomic E-state index is 13.2. The molecule has 0 spiro atoms. The zero-order valence-electron chi connectivity index (χ0n) is 7.65. The molecule has 0 amide bonds. The second-order valence-corrected chi connectivity index (χ2v) is 2.88. The first-order chi connectivity index (χ1) is 6.61. The molecule has 0 aromatic heterocycles. The van der Waals surface area contributed by atoms with Gasteiger partial charge in [0.25, 0.3) is 0 Å². The summed E-state index contributed by atoms with van der Waals surface area (Å²) < 4.78 is 39.1. The fourth-order valence-electron chi connectivity index (χ4n) is 1.27. The van der Waals surface area contributed by atoms with Crippen LogP contribution in [0.5, 0.6) is 0 Å². The van der Waals surface area contributed by atoms with Crippen LogP contribution in [-0.4, -0.2) is 0 Å². The zero-order valence-corrected chi connectivity index (χ0v) is 7.65. The van der Waals surface area contributed by atoms with Gasteiger partial charge < -0.3 is 0 Å². The van der Waals surface area contributed by atoms with E-state index in [9.17, 15) is 13.2 Å². The van der Waals surface area contributed by atoms with Gasteiger partial charge in [0.15, 0.2) is 11.6 Å². The molecular weight excluding hydrogens is 193 g/mol. The van der Waals surface area contributed by atoms with Crippen LogP contribution in [-0.2, 0) is 0 Å². The second kappa shape index (κ2) is 4.43. The summed E-state index contributed by atoms with van der Waals surface area (Å²) in [6.07, 6.45) is 0.369. The smallest absolute Gasteiger partial charge is 0.166 e. The average Bonchev–Trinajstić information content (AvgIpc) is 2.19. The van der Waals surface area contributed by atoms with Gasteiger partial charge in [0, 0.05) is 5.56 Å². The first-order valence-electron chi connectivity index (χ1n) is 4.21. The van der Waals surface area contributed by atoms with E-state index in [4.69, 9.17) is 5.84 Å². The summed E-state index contributed by atoms with van der Waals surface area (Å²) in [5.41, 5.74) is 1.88. The van der Waals surface area contributed by atoms with E-state index in [-0.39, 0.29) is 5.56 Å². The topological polar surface area (TPSA) is 38.0 Å². The predicted molar refractivity (Wildman–Crippen MR) is 46.7 cm³/mol. The monoisotopic (exact) mass is 204 g/mol. The number of nitrogens with two attached hydrogens (primary N) is 1. The predicted octanol–water partition coefficient (Wildman–Crippen LogP) is 2.02.